The minimum atomic E-state index is -3.68. The van der Waals surface area contributed by atoms with E-state index in [0.717, 1.165) is 0 Å². The molecule has 134 valence electrons. The first-order valence-corrected chi connectivity index (χ1v) is 8.75. The summed E-state index contributed by atoms with van der Waals surface area (Å²) in [5, 5.41) is 0. The van der Waals surface area contributed by atoms with Crippen molar-refractivity contribution >= 4 is 35.2 Å². The molecule has 0 aliphatic rings. The van der Waals surface area contributed by atoms with Gasteiger partial charge in [-0.15, -0.1) is 0 Å². The Kier molecular flexibility index (Phi) is 5.58. The molecule has 2 rings (SSSR count). The second kappa shape index (κ2) is 7.03. The van der Waals surface area contributed by atoms with Crippen molar-refractivity contribution in [2.75, 3.05) is 0 Å². The fraction of sp³-hybridized carbons (Fsp3) is 0.0769. The van der Waals surface area contributed by atoms with E-state index in [1.807, 2.05) is 0 Å². The lowest BCUT2D eigenvalue weighted by atomic mass is 10.2. The Balaban J connectivity index is 2.74. The largest absolute Gasteiger partial charge is 0.768 e. The average Bonchev–Trinajstić information content (AvgIpc) is 2.55. The first-order chi connectivity index (χ1) is 11.5. The van der Waals surface area contributed by atoms with Gasteiger partial charge in [-0.25, -0.2) is 35.1 Å². The van der Waals surface area contributed by atoms with E-state index in [1.165, 1.54) is 0 Å². The minimum absolute atomic E-state index is 0.709. The van der Waals surface area contributed by atoms with E-state index in [9.17, 15) is 43.9 Å². The maximum atomic E-state index is 13.8. The lowest BCUT2D eigenvalue weighted by Gasteiger charge is -2.14. The van der Waals surface area contributed by atoms with Gasteiger partial charge in [-0.1, -0.05) is 0 Å². The van der Waals surface area contributed by atoms with E-state index >= 15 is 0 Å². The van der Waals surface area contributed by atoms with Gasteiger partial charge < -0.3 is 4.55 Å². The highest BCUT2D eigenvalue weighted by Gasteiger charge is 2.31. The summed E-state index contributed by atoms with van der Waals surface area (Å²) < 4.78 is 128. The topological polar surface area (TPSA) is 40.1 Å². The maximum Gasteiger partial charge on any atom is 0.343 e. The summed E-state index contributed by atoms with van der Waals surface area (Å²) in [6, 6.07) is 0. The SMILES string of the molecule is Cc1c(F)c(F)[c]([AlH][c]2c(F)c(F)c(S(=O)[O-])c(F)c2F)c(F)c1F. The van der Waals surface area contributed by atoms with Crippen LogP contribution in [-0.4, -0.2) is 24.0 Å². The first kappa shape index (κ1) is 19.8. The lowest BCUT2D eigenvalue weighted by molar-refractivity contribution is 0.422. The molecule has 12 heteroatoms. The second-order valence-electron chi connectivity index (χ2n) is 4.83. The fourth-order valence-electron chi connectivity index (χ4n) is 2.08. The predicted molar refractivity (Wildman–Crippen MR) is 70.9 cm³/mol. The Hall–Kier alpha value is -1.48. The summed E-state index contributed by atoms with van der Waals surface area (Å²) in [5.41, 5.74) is -1.02. The quantitative estimate of drug-likeness (QED) is 0.339. The Bertz CT molecular complexity index is 860. The lowest BCUT2D eigenvalue weighted by Crippen LogP contribution is -2.39. The van der Waals surface area contributed by atoms with Crippen LogP contribution in [0.3, 0.4) is 0 Å². The number of hydrogen-bond acceptors (Lipinski definition) is 2. The molecular weight excluding hydrogens is 399 g/mol. The highest BCUT2D eigenvalue weighted by molar-refractivity contribution is 7.79. The molecule has 2 nitrogen and oxygen atoms in total. The van der Waals surface area contributed by atoms with Gasteiger partial charge in [0.15, 0.2) is 23.3 Å². The van der Waals surface area contributed by atoms with Crippen LogP contribution < -0.4 is 8.85 Å². The Morgan fingerprint density at radius 2 is 1.00 bits per heavy atom. The van der Waals surface area contributed by atoms with Crippen LogP contribution in [0.4, 0.5) is 35.1 Å². The highest BCUT2D eigenvalue weighted by Crippen LogP contribution is 2.21. The van der Waals surface area contributed by atoms with Crippen molar-refractivity contribution in [1.29, 1.82) is 0 Å². The maximum absolute atomic E-state index is 13.8. The molecule has 0 amide bonds. The third-order valence-corrected chi connectivity index (χ3v) is 6.05. The molecule has 2 aromatic carbocycles. The number of hydrogen-bond donors (Lipinski definition) is 0. The van der Waals surface area contributed by atoms with Crippen molar-refractivity contribution < 1.29 is 43.9 Å². The van der Waals surface area contributed by atoms with E-state index in [1.54, 1.807) is 0 Å². The molecule has 1 atom stereocenters. The van der Waals surface area contributed by atoms with Gasteiger partial charge in [-0.2, -0.15) is 0 Å². The van der Waals surface area contributed by atoms with Crippen LogP contribution in [0.2, 0.25) is 0 Å². The molecule has 25 heavy (non-hydrogen) atoms. The van der Waals surface area contributed by atoms with Crippen LogP contribution in [0.25, 0.3) is 0 Å². The zero-order valence-corrected chi connectivity index (χ0v) is 14.2. The zero-order chi connectivity index (χ0) is 19.2. The average molecular weight is 403 g/mol. The molecule has 1 unspecified atom stereocenters. The highest BCUT2D eigenvalue weighted by atomic mass is 32.2. The summed E-state index contributed by atoms with van der Waals surface area (Å²) in [6.45, 7) is 0.709. The monoisotopic (exact) mass is 403 g/mol. The van der Waals surface area contributed by atoms with Gasteiger partial charge in [0, 0.05) is 5.56 Å². The normalized spacial score (nSPS) is 12.4. The van der Waals surface area contributed by atoms with Gasteiger partial charge in [0.1, 0.15) is 28.2 Å². The molecule has 0 fully saturated rings. The zero-order valence-electron chi connectivity index (χ0n) is 12.0. The van der Waals surface area contributed by atoms with Crippen molar-refractivity contribution in [2.24, 2.45) is 0 Å². The fourth-order valence-corrected chi connectivity index (χ4v) is 4.14. The molecule has 0 heterocycles. The number of halogens is 8. The molecule has 0 saturated carbocycles. The van der Waals surface area contributed by atoms with Crippen molar-refractivity contribution in [3.63, 3.8) is 0 Å². The van der Waals surface area contributed by atoms with Gasteiger partial charge in [0.05, 0.1) is 0 Å². The minimum Gasteiger partial charge on any atom is -0.768 e. The molecule has 0 radical (unpaired) electrons. The Morgan fingerprint density at radius 1 is 0.680 bits per heavy atom. The molecule has 0 aliphatic heterocycles. The summed E-state index contributed by atoms with van der Waals surface area (Å²) in [7, 11) is 0. The van der Waals surface area contributed by atoms with Crippen LogP contribution >= 0.6 is 0 Å². The van der Waals surface area contributed by atoms with Crippen LogP contribution in [0, 0.1) is 53.5 Å². The third kappa shape index (κ3) is 3.19. The van der Waals surface area contributed by atoms with Gasteiger partial charge in [0.2, 0.25) is 0 Å². The molecule has 0 saturated heterocycles. The summed E-state index contributed by atoms with van der Waals surface area (Å²) in [4.78, 5) is -1.94. The molecule has 0 bridgehead atoms. The Labute approximate surface area is 143 Å². The summed E-state index contributed by atoms with van der Waals surface area (Å²) in [6.07, 6.45) is 0. The molecule has 0 aliphatic carbocycles. The summed E-state index contributed by atoms with van der Waals surface area (Å²) >= 11 is -6.83. The van der Waals surface area contributed by atoms with Crippen LogP contribution in [0.1, 0.15) is 5.56 Å². The third-order valence-electron chi connectivity index (χ3n) is 3.41. The van der Waals surface area contributed by atoms with E-state index in [2.05, 4.69) is 0 Å². The van der Waals surface area contributed by atoms with Gasteiger partial charge in [0.25, 0.3) is 0 Å². The van der Waals surface area contributed by atoms with Crippen molar-refractivity contribution in [1.82, 2.24) is 0 Å². The molecular formula is C13H4AlF8O2S-. The van der Waals surface area contributed by atoms with E-state index in [4.69, 9.17) is 0 Å². The Morgan fingerprint density at radius 3 is 1.32 bits per heavy atom. The molecule has 0 aromatic heterocycles. The van der Waals surface area contributed by atoms with Crippen molar-refractivity contribution in [3.8, 4) is 0 Å². The van der Waals surface area contributed by atoms with Crippen LogP contribution in [-0.2, 0) is 11.1 Å². The van der Waals surface area contributed by atoms with Gasteiger partial charge in [-0.3, -0.25) is 4.21 Å². The number of rotatable bonds is 3. The van der Waals surface area contributed by atoms with E-state index in [-0.39, 0.29) is 0 Å². The van der Waals surface area contributed by atoms with Crippen LogP contribution in [0.5, 0.6) is 0 Å². The number of benzene rings is 2. The van der Waals surface area contributed by atoms with Crippen molar-refractivity contribution in [3.05, 3.63) is 52.1 Å². The van der Waals surface area contributed by atoms with E-state index < -0.39 is 92.1 Å². The van der Waals surface area contributed by atoms with Gasteiger partial charge >= 0.3 is 15.2 Å². The smallest absolute Gasteiger partial charge is 0.343 e. The van der Waals surface area contributed by atoms with Crippen molar-refractivity contribution in [2.45, 2.75) is 11.8 Å². The standard InChI is InChI=1S/C7H3F4.C6HF4O2S.Al.H/c1-3-6(10)4(8)2-5(9)7(3)11;7-2-1-3(8)5(10)6(4(2)9)13(11)12;;/h1H3;(H,11,12);;/p-1. The van der Waals surface area contributed by atoms with Gasteiger partial charge in [-0.05, 0) is 26.9 Å². The molecule has 0 N–H and O–H groups in total. The second-order valence-corrected chi connectivity index (χ2v) is 7.48. The van der Waals surface area contributed by atoms with E-state index in [0.29, 0.717) is 6.92 Å². The summed E-state index contributed by atoms with van der Waals surface area (Å²) in [5.74, 6) is -16.5. The molecule has 0 spiro atoms. The predicted octanol–water partition coefficient (Wildman–Crippen LogP) is 1.73. The molecule has 2 aromatic rings. The first-order valence-electron chi connectivity index (χ1n) is 6.26. The van der Waals surface area contributed by atoms with Crippen LogP contribution in [0.15, 0.2) is 4.90 Å².